The van der Waals surface area contributed by atoms with Gasteiger partial charge in [0.15, 0.2) is 5.13 Å². The van der Waals surface area contributed by atoms with Crippen LogP contribution in [-0.2, 0) is 16.6 Å². The first-order chi connectivity index (χ1) is 13.3. The van der Waals surface area contributed by atoms with Gasteiger partial charge in [-0.3, -0.25) is 10.1 Å². The van der Waals surface area contributed by atoms with Crippen molar-refractivity contribution in [1.82, 2.24) is 9.29 Å². The smallest absolute Gasteiger partial charge is 0.257 e. The van der Waals surface area contributed by atoms with Gasteiger partial charge in [-0.1, -0.05) is 30.3 Å². The van der Waals surface area contributed by atoms with E-state index in [4.69, 9.17) is 0 Å². The van der Waals surface area contributed by atoms with E-state index in [1.165, 1.54) is 47.0 Å². The predicted octanol–water partition coefficient (Wildman–Crippen LogP) is 3.83. The molecule has 6 nitrogen and oxygen atoms in total. The van der Waals surface area contributed by atoms with E-state index in [9.17, 15) is 13.2 Å². The van der Waals surface area contributed by atoms with Gasteiger partial charge in [0.05, 0.1) is 10.6 Å². The van der Waals surface area contributed by atoms with Crippen LogP contribution in [0.3, 0.4) is 0 Å². The molecule has 0 radical (unpaired) electrons. The zero-order valence-corrected chi connectivity index (χ0v) is 17.5. The maximum atomic E-state index is 12.8. The number of benzene rings is 2. The van der Waals surface area contributed by atoms with E-state index >= 15 is 0 Å². The summed E-state index contributed by atoms with van der Waals surface area (Å²) in [5.41, 5.74) is 2.15. The maximum Gasteiger partial charge on any atom is 0.257 e. The number of aromatic nitrogens is 1. The summed E-state index contributed by atoms with van der Waals surface area (Å²) in [6.07, 6.45) is 0. The van der Waals surface area contributed by atoms with E-state index in [0.717, 1.165) is 16.1 Å². The van der Waals surface area contributed by atoms with Crippen LogP contribution < -0.4 is 5.32 Å². The third-order valence-electron chi connectivity index (χ3n) is 4.32. The molecule has 1 heterocycles. The summed E-state index contributed by atoms with van der Waals surface area (Å²) in [4.78, 5) is 17.8. The molecule has 1 amide bonds. The van der Waals surface area contributed by atoms with Crippen molar-refractivity contribution in [2.24, 2.45) is 0 Å². The number of carbonyl (C=O) groups is 1. The molecule has 0 aliphatic carbocycles. The Hall–Kier alpha value is -2.55. The van der Waals surface area contributed by atoms with E-state index < -0.39 is 10.0 Å². The van der Waals surface area contributed by atoms with Crippen LogP contribution in [-0.4, -0.2) is 30.7 Å². The molecule has 0 atom stereocenters. The number of carbonyl (C=O) groups excluding carboxylic acids is 1. The Balaban J connectivity index is 1.72. The van der Waals surface area contributed by atoms with Crippen molar-refractivity contribution in [3.63, 3.8) is 0 Å². The van der Waals surface area contributed by atoms with Crippen LogP contribution in [0.4, 0.5) is 5.13 Å². The molecule has 0 spiro atoms. The molecule has 3 aromatic rings. The van der Waals surface area contributed by atoms with Crippen molar-refractivity contribution in [2.75, 3.05) is 12.4 Å². The largest absolute Gasteiger partial charge is 0.298 e. The van der Waals surface area contributed by atoms with Crippen LogP contribution in [0.15, 0.2) is 59.5 Å². The van der Waals surface area contributed by atoms with Gasteiger partial charge in [0.1, 0.15) is 0 Å². The lowest BCUT2D eigenvalue weighted by Crippen LogP contribution is -2.26. The number of thiazole rings is 1. The highest BCUT2D eigenvalue weighted by molar-refractivity contribution is 7.89. The number of nitrogens with one attached hydrogen (secondary N) is 1. The van der Waals surface area contributed by atoms with Crippen LogP contribution in [0.5, 0.6) is 0 Å². The summed E-state index contributed by atoms with van der Waals surface area (Å²) in [6.45, 7) is 4.09. The molecule has 8 heteroatoms. The Labute approximate surface area is 168 Å². The zero-order chi connectivity index (χ0) is 20.3. The number of anilines is 1. The van der Waals surface area contributed by atoms with Crippen molar-refractivity contribution in [3.8, 4) is 0 Å². The van der Waals surface area contributed by atoms with E-state index in [-0.39, 0.29) is 17.3 Å². The Bertz CT molecular complexity index is 1060. The fourth-order valence-corrected chi connectivity index (χ4v) is 4.55. The normalized spacial score (nSPS) is 11.6. The number of rotatable bonds is 6. The second-order valence-electron chi connectivity index (χ2n) is 6.39. The van der Waals surface area contributed by atoms with Crippen LogP contribution >= 0.6 is 11.3 Å². The molecular formula is C20H21N3O3S2. The fraction of sp³-hybridized carbons (Fsp3) is 0.200. The monoisotopic (exact) mass is 415 g/mol. The van der Waals surface area contributed by atoms with E-state index in [0.29, 0.717) is 10.7 Å². The number of hydrogen-bond donors (Lipinski definition) is 1. The molecule has 28 heavy (non-hydrogen) atoms. The minimum atomic E-state index is -3.65. The molecule has 0 bridgehead atoms. The molecular weight excluding hydrogens is 394 g/mol. The second-order valence-corrected chi connectivity index (χ2v) is 9.63. The number of nitrogens with zero attached hydrogens (tertiary/aromatic N) is 2. The Kier molecular flexibility index (Phi) is 5.93. The molecule has 0 aliphatic rings. The quantitative estimate of drug-likeness (QED) is 0.663. The lowest BCUT2D eigenvalue weighted by atomic mass is 10.2. The second kappa shape index (κ2) is 8.22. The number of amides is 1. The Morgan fingerprint density at radius 2 is 1.71 bits per heavy atom. The van der Waals surface area contributed by atoms with Gasteiger partial charge in [-0.2, -0.15) is 4.31 Å². The number of sulfonamides is 1. The Morgan fingerprint density at radius 3 is 2.29 bits per heavy atom. The van der Waals surface area contributed by atoms with Crippen LogP contribution in [0.1, 0.15) is 26.5 Å². The summed E-state index contributed by atoms with van der Waals surface area (Å²) in [5.74, 6) is -0.324. The van der Waals surface area contributed by atoms with Gasteiger partial charge in [-0.25, -0.2) is 13.4 Å². The third-order valence-corrected chi connectivity index (χ3v) is 7.13. The first-order valence-corrected chi connectivity index (χ1v) is 10.9. The average molecular weight is 416 g/mol. The first kappa shape index (κ1) is 20.2. The van der Waals surface area contributed by atoms with Gasteiger partial charge in [0.2, 0.25) is 10.0 Å². The SMILES string of the molecule is Cc1nc(NC(=O)c2ccc(S(=O)(=O)N(C)Cc3ccccc3)cc2)sc1C. The van der Waals surface area contributed by atoms with Crippen molar-refractivity contribution in [2.45, 2.75) is 25.3 Å². The topological polar surface area (TPSA) is 79.4 Å². The van der Waals surface area contributed by atoms with Gasteiger partial charge in [0, 0.05) is 24.0 Å². The standard InChI is InChI=1S/C20H21N3O3S2/c1-14-15(2)27-20(21-14)22-19(24)17-9-11-18(12-10-17)28(25,26)23(3)13-16-7-5-4-6-8-16/h4-12H,13H2,1-3H3,(H,21,22,24). The van der Waals surface area contributed by atoms with Crippen LogP contribution in [0.25, 0.3) is 0 Å². The van der Waals surface area contributed by atoms with Crippen molar-refractivity contribution in [3.05, 3.63) is 76.3 Å². The molecule has 0 unspecified atom stereocenters. The minimum Gasteiger partial charge on any atom is -0.298 e. The van der Waals surface area contributed by atoms with Gasteiger partial charge >= 0.3 is 0 Å². The lowest BCUT2D eigenvalue weighted by molar-refractivity contribution is 0.102. The highest BCUT2D eigenvalue weighted by atomic mass is 32.2. The molecule has 1 N–H and O–H groups in total. The molecule has 1 aromatic heterocycles. The van der Waals surface area contributed by atoms with Gasteiger partial charge in [-0.05, 0) is 43.7 Å². The maximum absolute atomic E-state index is 12.8. The molecule has 3 rings (SSSR count). The number of hydrogen-bond acceptors (Lipinski definition) is 5. The van der Waals surface area contributed by atoms with E-state index in [1.54, 1.807) is 0 Å². The molecule has 2 aromatic carbocycles. The fourth-order valence-electron chi connectivity index (χ4n) is 2.58. The minimum absolute atomic E-state index is 0.142. The molecule has 0 fully saturated rings. The summed E-state index contributed by atoms with van der Waals surface area (Å²) >= 11 is 1.40. The summed E-state index contributed by atoms with van der Waals surface area (Å²) in [5, 5.41) is 3.27. The average Bonchev–Trinajstić information content (AvgIpc) is 2.99. The van der Waals surface area contributed by atoms with Gasteiger partial charge < -0.3 is 0 Å². The van der Waals surface area contributed by atoms with Crippen molar-refractivity contribution in [1.29, 1.82) is 0 Å². The first-order valence-electron chi connectivity index (χ1n) is 8.63. The van der Waals surface area contributed by atoms with Gasteiger partial charge in [0.25, 0.3) is 5.91 Å². The highest BCUT2D eigenvalue weighted by Crippen LogP contribution is 2.22. The Morgan fingerprint density at radius 1 is 1.07 bits per heavy atom. The summed E-state index contributed by atoms with van der Waals surface area (Å²) in [6, 6.07) is 15.3. The van der Waals surface area contributed by atoms with Crippen molar-refractivity contribution < 1.29 is 13.2 Å². The highest BCUT2D eigenvalue weighted by Gasteiger charge is 2.21. The predicted molar refractivity (Wildman–Crippen MR) is 111 cm³/mol. The molecule has 0 saturated heterocycles. The van der Waals surface area contributed by atoms with Crippen molar-refractivity contribution >= 4 is 32.4 Å². The lowest BCUT2D eigenvalue weighted by Gasteiger charge is -2.17. The molecule has 0 saturated carbocycles. The number of aryl methyl sites for hydroxylation is 2. The molecule has 0 aliphatic heterocycles. The van der Waals surface area contributed by atoms with E-state index in [1.807, 2.05) is 44.2 Å². The summed E-state index contributed by atoms with van der Waals surface area (Å²) in [7, 11) is -2.11. The van der Waals surface area contributed by atoms with E-state index in [2.05, 4.69) is 10.3 Å². The third kappa shape index (κ3) is 4.46. The zero-order valence-electron chi connectivity index (χ0n) is 15.8. The van der Waals surface area contributed by atoms with Crippen LogP contribution in [0, 0.1) is 13.8 Å². The van der Waals surface area contributed by atoms with Gasteiger partial charge in [-0.15, -0.1) is 11.3 Å². The summed E-state index contributed by atoms with van der Waals surface area (Å²) < 4.78 is 26.8. The van der Waals surface area contributed by atoms with Crippen LogP contribution in [0.2, 0.25) is 0 Å². The molecule has 146 valence electrons.